The Labute approximate surface area is 846 Å². The molecule has 3 radical (unpaired) electrons. The number of hydrogen-bond donors (Lipinski definition) is 0. The molecule has 0 spiro atoms. The largest absolute Gasteiger partial charge is 0.381 e. The SMILES string of the molecule is CCn1c2c[c-]c(-c3cc(-c4ccccc4)c([Si](C)(C)C)cn3)cc2c2ccccc21.C[Si](C)(C)c1cnc(-c2[c-]cc3c(c2)-c2ccccc2[Si]3(C)C)cc1-c1ccccc1.C[Si](C)(C)c1cnc(-c2[c-]cc3c(c2)c2ccccc2n3-c2ccccc2)cc1-c1ccccc1.[Ir].[Ir].[Ir].[c-]1ccccc1-c1ccccn1.[c-]1ccccc1-c1ccccn1.[c-]1ccccc1-c1ccccn1. The van der Waals surface area contributed by atoms with E-state index in [4.69, 9.17) is 15.0 Å². The van der Waals surface area contributed by atoms with Crippen LogP contribution in [0.5, 0.6) is 0 Å². The van der Waals surface area contributed by atoms with Crippen LogP contribution in [0.2, 0.25) is 72.0 Å². The number of fused-ring (bicyclic) bond motifs is 9. The maximum absolute atomic E-state index is 4.95. The molecule has 0 atom stereocenters. The summed E-state index contributed by atoms with van der Waals surface area (Å²) in [5.74, 6) is 0. The molecule has 679 valence electrons. The number of benzene rings is 13. The molecule has 0 saturated heterocycles. The number of pyridine rings is 6. The first-order valence-electron chi connectivity index (χ1n) is 45.6. The maximum Gasteiger partial charge on any atom is 0.0803 e. The Kier molecular flexibility index (Phi) is 32.6. The Morgan fingerprint density at radius 1 is 0.265 bits per heavy atom. The molecule has 22 rings (SSSR count). The summed E-state index contributed by atoms with van der Waals surface area (Å²) in [6.07, 6.45) is 11.7. The molecule has 0 bridgehead atoms. The molecule has 1 aliphatic rings. The van der Waals surface area contributed by atoms with E-state index < -0.39 is 32.3 Å². The first-order valence-corrected chi connectivity index (χ1v) is 59.1. The van der Waals surface area contributed by atoms with E-state index in [9.17, 15) is 0 Å². The van der Waals surface area contributed by atoms with E-state index in [-0.39, 0.29) is 60.3 Å². The summed E-state index contributed by atoms with van der Waals surface area (Å²) in [5.41, 5.74) is 28.6. The minimum atomic E-state index is -1.65. The molecule has 8 aromatic heterocycles. The Morgan fingerprint density at radius 3 is 1.01 bits per heavy atom. The van der Waals surface area contributed by atoms with Gasteiger partial charge in [0.25, 0.3) is 0 Å². The van der Waals surface area contributed by atoms with E-state index in [1.165, 1.54) is 109 Å². The minimum Gasteiger partial charge on any atom is -0.381 e. The zero-order chi connectivity index (χ0) is 92.1. The second-order valence-electron chi connectivity index (χ2n) is 36.8. The number of hydrogen-bond acceptors (Lipinski definition) is 6. The molecule has 0 saturated carbocycles. The minimum absolute atomic E-state index is 0. The first kappa shape index (κ1) is 99.2. The van der Waals surface area contributed by atoms with Crippen molar-refractivity contribution >= 4 is 102 Å². The van der Waals surface area contributed by atoms with Crippen LogP contribution in [0.1, 0.15) is 6.92 Å². The molecule has 21 aromatic rings. The molecule has 15 heteroatoms. The van der Waals surface area contributed by atoms with E-state index in [2.05, 4.69) is 407 Å². The van der Waals surface area contributed by atoms with Crippen molar-refractivity contribution in [2.45, 2.75) is 85.5 Å². The first-order chi connectivity index (χ1) is 64.6. The summed E-state index contributed by atoms with van der Waals surface area (Å²) < 4.78 is 4.68. The molecular formula is C121H106Ir3N8Si4-6. The second kappa shape index (κ2) is 44.8. The van der Waals surface area contributed by atoms with Gasteiger partial charge in [0.1, 0.15) is 0 Å². The summed E-state index contributed by atoms with van der Waals surface area (Å²) in [6.45, 7) is 29.5. The van der Waals surface area contributed by atoms with Gasteiger partial charge < -0.3 is 39.0 Å². The summed E-state index contributed by atoms with van der Waals surface area (Å²) in [6, 6.07) is 150. The summed E-state index contributed by atoms with van der Waals surface area (Å²) in [7, 11) is -6.30. The molecular weight excluding hydrogens is 2250 g/mol. The van der Waals surface area contributed by atoms with Gasteiger partial charge in [0.2, 0.25) is 0 Å². The zero-order valence-electron chi connectivity index (χ0n) is 78.5. The van der Waals surface area contributed by atoms with E-state index in [0.717, 1.165) is 85.3 Å². The van der Waals surface area contributed by atoms with Gasteiger partial charge in [-0.25, -0.2) is 0 Å². The number of aryl methyl sites for hydroxylation is 1. The predicted molar refractivity (Wildman–Crippen MR) is 572 cm³/mol. The maximum atomic E-state index is 4.95. The Balaban J connectivity index is 0.000000137. The predicted octanol–water partition coefficient (Wildman–Crippen LogP) is 27.9. The summed E-state index contributed by atoms with van der Waals surface area (Å²) in [5, 5.41) is 12.2. The third-order valence-corrected chi connectivity index (χ3v) is 33.9. The van der Waals surface area contributed by atoms with Crippen LogP contribution in [0.15, 0.2) is 413 Å². The quantitative estimate of drug-likeness (QED) is 0.0796. The van der Waals surface area contributed by atoms with Gasteiger partial charge >= 0.3 is 0 Å². The Hall–Kier alpha value is -12.8. The fourth-order valence-corrected chi connectivity index (χ4v) is 25.0. The molecule has 0 fully saturated rings. The van der Waals surface area contributed by atoms with Crippen molar-refractivity contribution in [1.29, 1.82) is 0 Å². The van der Waals surface area contributed by atoms with Gasteiger partial charge in [0.15, 0.2) is 0 Å². The number of nitrogens with zero attached hydrogens (tertiary/aromatic N) is 8. The third-order valence-electron chi connectivity index (χ3n) is 24.3. The molecule has 0 N–H and O–H groups in total. The van der Waals surface area contributed by atoms with Crippen LogP contribution in [-0.4, -0.2) is 71.3 Å². The van der Waals surface area contributed by atoms with Crippen LogP contribution in [0.25, 0.3) is 161 Å². The fourth-order valence-electron chi connectivity index (χ4n) is 17.6. The normalized spacial score (nSPS) is 11.6. The second-order valence-corrected chi connectivity index (χ2v) is 56.2. The molecule has 9 heterocycles. The standard InChI is InChI=1S/C32H27N2Si.C28H27N2Si.C28H28NSi2.3C11H8N.3Ir/c1-35(2,3)32-22-33-29(21-27(32)23-12-6-4-7-13-23)24-18-19-31-28(20-24)26-16-10-11-17-30(26)34(31)25-14-8-5-9-15-25;1-5-30-26-14-10-9-13-22(26)24-17-21(15-16-27(24)30)25-18-23(20-11-7-6-8-12-20)28(19-29-25)31(2,3)4;1-30(2,3)28-19-29-25(18-23(28)20-11-7-6-8-12-20)21-15-16-27-24(17-21)22-13-9-10-14-26(22)31(27,4)5;3*1-2-6-10(7-3-1)11-8-4-5-9-12-11;;;/h4-17,19-22H,1-3H3;6-14,16-19H,5H2,1-4H3;6-14,16-19H,1-5H3;3*1-6,8-9H;;;/q6*-1;;;. The van der Waals surface area contributed by atoms with Crippen LogP contribution < -0.4 is 25.9 Å². The average Bonchev–Trinajstić information content (AvgIpc) is 1.59. The van der Waals surface area contributed by atoms with Gasteiger partial charge in [0, 0.05) is 121 Å². The van der Waals surface area contributed by atoms with Gasteiger partial charge in [-0.2, -0.15) is 0 Å². The number of aromatic nitrogens is 8. The number of para-hydroxylation sites is 3. The molecule has 13 aromatic carbocycles. The van der Waals surface area contributed by atoms with E-state index in [0.29, 0.717) is 0 Å². The topological polar surface area (TPSA) is 87.2 Å². The van der Waals surface area contributed by atoms with Gasteiger partial charge in [0.05, 0.1) is 32.3 Å². The van der Waals surface area contributed by atoms with Crippen molar-refractivity contribution in [3.05, 3.63) is 450 Å². The number of rotatable bonds is 14. The van der Waals surface area contributed by atoms with Crippen molar-refractivity contribution in [3.63, 3.8) is 0 Å². The van der Waals surface area contributed by atoms with Crippen molar-refractivity contribution < 1.29 is 60.3 Å². The molecule has 1 aliphatic heterocycles. The molecule has 0 aliphatic carbocycles. The zero-order valence-corrected chi connectivity index (χ0v) is 89.7. The van der Waals surface area contributed by atoms with Gasteiger partial charge in [-0.1, -0.05) is 318 Å². The van der Waals surface area contributed by atoms with Crippen LogP contribution in [0, 0.1) is 36.4 Å². The molecule has 8 nitrogen and oxygen atoms in total. The van der Waals surface area contributed by atoms with Crippen LogP contribution in [-0.2, 0) is 66.9 Å². The molecule has 0 amide bonds. The summed E-state index contributed by atoms with van der Waals surface area (Å²) in [4.78, 5) is 27.4. The van der Waals surface area contributed by atoms with Gasteiger partial charge in [-0.3, -0.25) is 0 Å². The van der Waals surface area contributed by atoms with Crippen LogP contribution in [0.3, 0.4) is 0 Å². The molecule has 0 unspecified atom stereocenters. The van der Waals surface area contributed by atoms with Crippen molar-refractivity contribution in [2.24, 2.45) is 0 Å². The van der Waals surface area contributed by atoms with Crippen molar-refractivity contribution in [3.8, 4) is 118 Å². The van der Waals surface area contributed by atoms with Gasteiger partial charge in [-0.15, -0.1) is 184 Å². The van der Waals surface area contributed by atoms with Crippen LogP contribution in [0.4, 0.5) is 0 Å². The molecule has 136 heavy (non-hydrogen) atoms. The van der Waals surface area contributed by atoms with E-state index in [1.807, 2.05) is 127 Å². The monoisotopic (exact) mass is 2360 g/mol. The third kappa shape index (κ3) is 22.6. The smallest absolute Gasteiger partial charge is 0.0803 e. The Morgan fingerprint density at radius 2 is 0.610 bits per heavy atom. The van der Waals surface area contributed by atoms with Gasteiger partial charge in [-0.05, 0) is 160 Å². The van der Waals surface area contributed by atoms with Crippen molar-refractivity contribution in [1.82, 2.24) is 39.0 Å². The summed E-state index contributed by atoms with van der Waals surface area (Å²) >= 11 is 0. The Bertz CT molecular complexity index is 7240. The van der Waals surface area contributed by atoms with Crippen molar-refractivity contribution in [2.75, 3.05) is 0 Å². The van der Waals surface area contributed by atoms with E-state index in [1.54, 1.807) is 18.6 Å². The van der Waals surface area contributed by atoms with Crippen LogP contribution >= 0.6 is 0 Å². The van der Waals surface area contributed by atoms with E-state index >= 15 is 0 Å². The average molecular weight is 2360 g/mol. The fraction of sp³-hybridized carbons (Fsp3) is 0.107.